The highest BCUT2D eigenvalue weighted by atomic mass is 16.0. The summed E-state index contributed by atoms with van der Waals surface area (Å²) in [6, 6.07) is 9.60. The van der Waals surface area contributed by atoms with Gasteiger partial charge in [0.25, 0.3) is 0 Å². The Bertz CT molecular complexity index is 418. The molecule has 1 aromatic carbocycles. The molecule has 1 aromatic rings. The molecule has 1 aliphatic rings. The first-order valence-corrected chi connectivity index (χ1v) is 4.23. The summed E-state index contributed by atoms with van der Waals surface area (Å²) in [6.07, 6.45) is 1.82. The van der Waals surface area contributed by atoms with E-state index in [2.05, 4.69) is 20.9 Å². The van der Waals surface area contributed by atoms with E-state index in [9.17, 15) is 0 Å². The lowest BCUT2D eigenvalue weighted by Gasteiger charge is -2.21. The van der Waals surface area contributed by atoms with Crippen molar-refractivity contribution < 1.29 is 0 Å². The van der Waals surface area contributed by atoms with Gasteiger partial charge in [-0.3, -0.25) is 0 Å². The van der Waals surface area contributed by atoms with Crippen LogP contribution in [0.1, 0.15) is 5.56 Å². The molecular formula is C8H7N7. The Balaban J connectivity index is 2.10. The van der Waals surface area contributed by atoms with Gasteiger partial charge in [0.2, 0.25) is 6.19 Å². The second-order valence-corrected chi connectivity index (χ2v) is 2.76. The molecule has 74 valence electrons. The highest BCUT2D eigenvalue weighted by Crippen LogP contribution is 2.11. The quantitative estimate of drug-likeness (QED) is 0.685. The van der Waals surface area contributed by atoms with Crippen LogP contribution in [0.25, 0.3) is 0 Å². The SMILES string of the molecule is N#CN1N=NN=NN1Cc1ccccc1. The molecule has 0 aromatic heterocycles. The van der Waals surface area contributed by atoms with Gasteiger partial charge in [-0.2, -0.15) is 5.26 Å². The molecule has 0 N–H and O–H groups in total. The van der Waals surface area contributed by atoms with Crippen molar-refractivity contribution in [1.82, 2.24) is 10.2 Å². The number of hydrazine groups is 1. The molecule has 0 saturated heterocycles. The maximum Gasteiger partial charge on any atom is 0.226 e. The van der Waals surface area contributed by atoms with Gasteiger partial charge in [0, 0.05) is 0 Å². The third kappa shape index (κ3) is 2.05. The summed E-state index contributed by atoms with van der Waals surface area (Å²) < 4.78 is 0. The van der Waals surface area contributed by atoms with Gasteiger partial charge < -0.3 is 0 Å². The van der Waals surface area contributed by atoms with E-state index in [1.165, 1.54) is 5.12 Å². The first-order valence-electron chi connectivity index (χ1n) is 4.23. The van der Waals surface area contributed by atoms with Crippen molar-refractivity contribution in [2.45, 2.75) is 6.54 Å². The largest absolute Gasteiger partial charge is 0.226 e. The van der Waals surface area contributed by atoms with Gasteiger partial charge in [-0.15, -0.1) is 5.12 Å². The molecular weight excluding hydrogens is 194 g/mol. The third-order valence-corrected chi connectivity index (χ3v) is 1.78. The summed E-state index contributed by atoms with van der Waals surface area (Å²) in [7, 11) is 0. The minimum atomic E-state index is 0.428. The first kappa shape index (κ1) is 9.08. The summed E-state index contributed by atoms with van der Waals surface area (Å²) >= 11 is 0. The van der Waals surface area contributed by atoms with Crippen LogP contribution in [0.5, 0.6) is 0 Å². The molecule has 0 radical (unpaired) electrons. The van der Waals surface area contributed by atoms with Gasteiger partial charge in [0.15, 0.2) is 0 Å². The number of benzene rings is 1. The van der Waals surface area contributed by atoms with E-state index in [4.69, 9.17) is 5.26 Å². The summed E-state index contributed by atoms with van der Waals surface area (Å²) in [5, 5.41) is 24.8. The molecule has 0 spiro atoms. The van der Waals surface area contributed by atoms with E-state index in [0.717, 1.165) is 10.7 Å². The van der Waals surface area contributed by atoms with Gasteiger partial charge in [-0.1, -0.05) is 35.4 Å². The summed E-state index contributed by atoms with van der Waals surface area (Å²) in [4.78, 5) is 0. The Morgan fingerprint density at radius 3 is 2.60 bits per heavy atom. The van der Waals surface area contributed by atoms with Crippen molar-refractivity contribution in [3.8, 4) is 6.19 Å². The third-order valence-electron chi connectivity index (χ3n) is 1.78. The smallest absolute Gasteiger partial charge is 0.169 e. The van der Waals surface area contributed by atoms with Crippen LogP contribution in [-0.4, -0.2) is 10.2 Å². The van der Waals surface area contributed by atoms with Crippen molar-refractivity contribution in [2.24, 2.45) is 20.9 Å². The van der Waals surface area contributed by atoms with Crippen molar-refractivity contribution in [1.29, 1.82) is 5.26 Å². The molecule has 0 atom stereocenters. The maximum atomic E-state index is 8.72. The molecule has 0 saturated carbocycles. The maximum absolute atomic E-state index is 8.72. The molecule has 15 heavy (non-hydrogen) atoms. The number of hydrogen-bond donors (Lipinski definition) is 0. The summed E-state index contributed by atoms with van der Waals surface area (Å²) in [5.41, 5.74) is 1.01. The average Bonchev–Trinajstić information content (AvgIpc) is 2.31. The van der Waals surface area contributed by atoms with E-state index in [-0.39, 0.29) is 0 Å². The van der Waals surface area contributed by atoms with Crippen molar-refractivity contribution >= 4 is 0 Å². The molecule has 0 fully saturated rings. The van der Waals surface area contributed by atoms with Gasteiger partial charge >= 0.3 is 0 Å². The summed E-state index contributed by atoms with van der Waals surface area (Å²) in [5.74, 6) is 0. The Labute approximate surface area is 85.8 Å². The van der Waals surface area contributed by atoms with E-state index >= 15 is 0 Å². The predicted octanol–water partition coefficient (Wildman–Crippen LogP) is 1.85. The minimum absolute atomic E-state index is 0.428. The normalized spacial score (nSPS) is 14.1. The second kappa shape index (κ2) is 4.15. The topological polar surface area (TPSA) is 79.7 Å². The number of rotatable bonds is 2. The Morgan fingerprint density at radius 1 is 1.13 bits per heavy atom. The van der Waals surface area contributed by atoms with E-state index in [1.807, 2.05) is 36.5 Å². The highest BCUT2D eigenvalue weighted by molar-refractivity contribution is 5.14. The van der Waals surface area contributed by atoms with E-state index in [1.54, 1.807) is 0 Å². The van der Waals surface area contributed by atoms with Gasteiger partial charge in [0.05, 0.1) is 6.54 Å². The molecule has 0 aliphatic carbocycles. The van der Waals surface area contributed by atoms with Crippen LogP contribution in [0.4, 0.5) is 0 Å². The predicted molar refractivity (Wildman–Crippen MR) is 49.1 cm³/mol. The highest BCUT2D eigenvalue weighted by Gasteiger charge is 2.14. The number of nitriles is 1. The average molecular weight is 201 g/mol. The van der Waals surface area contributed by atoms with E-state index < -0.39 is 0 Å². The Hall–Kier alpha value is -2.49. The lowest BCUT2D eigenvalue weighted by molar-refractivity contribution is -0.00792. The van der Waals surface area contributed by atoms with Crippen LogP contribution in [0.3, 0.4) is 0 Å². The van der Waals surface area contributed by atoms with Crippen LogP contribution in [0.15, 0.2) is 51.2 Å². The van der Waals surface area contributed by atoms with Crippen LogP contribution in [0.2, 0.25) is 0 Å². The van der Waals surface area contributed by atoms with Gasteiger partial charge in [-0.05, 0) is 26.5 Å². The molecule has 0 bridgehead atoms. The second-order valence-electron chi connectivity index (χ2n) is 2.76. The van der Waals surface area contributed by atoms with Gasteiger partial charge in [0.1, 0.15) is 0 Å². The zero-order valence-corrected chi connectivity index (χ0v) is 7.72. The Kier molecular flexibility index (Phi) is 2.51. The molecule has 1 aliphatic heterocycles. The standard InChI is InChI=1S/C8H7N7/c9-7-15-13-11-10-12-14(15)6-8-4-2-1-3-5-8/h1-5H,6H2. The fourth-order valence-electron chi connectivity index (χ4n) is 1.12. The zero-order chi connectivity index (χ0) is 10.5. The van der Waals surface area contributed by atoms with Crippen LogP contribution >= 0.6 is 0 Å². The van der Waals surface area contributed by atoms with Crippen molar-refractivity contribution in [2.75, 3.05) is 0 Å². The van der Waals surface area contributed by atoms with Crippen LogP contribution in [0, 0.1) is 11.5 Å². The monoisotopic (exact) mass is 201 g/mol. The fourth-order valence-corrected chi connectivity index (χ4v) is 1.12. The number of hydrogen-bond acceptors (Lipinski definition) is 7. The van der Waals surface area contributed by atoms with Crippen LogP contribution < -0.4 is 0 Å². The lowest BCUT2D eigenvalue weighted by Crippen LogP contribution is -2.31. The lowest BCUT2D eigenvalue weighted by atomic mass is 10.2. The number of nitrogens with zero attached hydrogens (tertiary/aromatic N) is 7. The van der Waals surface area contributed by atoms with Crippen LogP contribution in [-0.2, 0) is 6.54 Å². The van der Waals surface area contributed by atoms with Crippen molar-refractivity contribution in [3.05, 3.63) is 35.9 Å². The summed E-state index contributed by atoms with van der Waals surface area (Å²) in [6.45, 7) is 0.428. The van der Waals surface area contributed by atoms with E-state index in [0.29, 0.717) is 6.54 Å². The molecule has 7 nitrogen and oxygen atoms in total. The molecule has 2 rings (SSSR count). The minimum Gasteiger partial charge on any atom is -0.169 e. The molecule has 7 heteroatoms. The Morgan fingerprint density at radius 2 is 1.87 bits per heavy atom. The first-order chi connectivity index (χ1) is 7.40. The molecule has 0 unspecified atom stereocenters. The zero-order valence-electron chi connectivity index (χ0n) is 7.72. The van der Waals surface area contributed by atoms with Crippen molar-refractivity contribution in [3.63, 3.8) is 0 Å². The molecule has 1 heterocycles. The van der Waals surface area contributed by atoms with Gasteiger partial charge in [-0.25, -0.2) is 0 Å². The molecule has 0 amide bonds. The fraction of sp³-hybridized carbons (Fsp3) is 0.125.